The summed E-state index contributed by atoms with van der Waals surface area (Å²) in [5.74, 6) is 0. The van der Waals surface area contributed by atoms with E-state index in [1.165, 1.54) is 6.26 Å². The second-order valence-corrected chi connectivity index (χ2v) is 5.09. The minimum absolute atomic E-state index is 0.409. The van der Waals surface area contributed by atoms with Crippen molar-refractivity contribution in [3.8, 4) is 0 Å². The Morgan fingerprint density at radius 2 is 1.53 bits per heavy atom. The first-order chi connectivity index (χ1) is 9.20. The van der Waals surface area contributed by atoms with Gasteiger partial charge in [-0.1, -0.05) is 29.8 Å². The molecule has 0 spiro atoms. The molecule has 0 aliphatic heterocycles. The number of nitrogens with zero attached hydrogens (tertiary/aromatic N) is 1. The number of ether oxygens (including phenoxy) is 1. The highest BCUT2D eigenvalue weighted by Crippen LogP contribution is 2.32. The van der Waals surface area contributed by atoms with Gasteiger partial charge in [-0.05, 0) is 36.4 Å². The van der Waals surface area contributed by atoms with Crippen LogP contribution < -0.4 is 0 Å². The maximum atomic E-state index is 6.08. The molecule has 1 aromatic heterocycles. The smallest absolute Gasteiger partial charge is 0.164 e. The van der Waals surface area contributed by atoms with Crippen molar-refractivity contribution in [1.82, 2.24) is 4.57 Å². The van der Waals surface area contributed by atoms with Crippen molar-refractivity contribution in [3.05, 3.63) is 59.3 Å². The molecule has 0 atom stereocenters. The van der Waals surface area contributed by atoms with Crippen LogP contribution in [0.3, 0.4) is 0 Å². The van der Waals surface area contributed by atoms with Gasteiger partial charge in [0.15, 0.2) is 6.73 Å². The highest BCUT2D eigenvalue weighted by Gasteiger charge is 2.11. The van der Waals surface area contributed by atoms with E-state index in [1.807, 2.05) is 36.4 Å². The fraction of sp³-hybridized carbons (Fsp3) is 0.0667. The zero-order chi connectivity index (χ0) is 13.4. The van der Waals surface area contributed by atoms with Crippen LogP contribution in [-0.4, -0.2) is 4.57 Å². The van der Waals surface area contributed by atoms with Gasteiger partial charge in [0.2, 0.25) is 0 Å². The molecule has 0 fully saturated rings. The molecule has 2 aromatic carbocycles. The Bertz CT molecular complexity index is 717. The van der Waals surface area contributed by atoms with E-state index in [2.05, 4.69) is 11.1 Å². The summed E-state index contributed by atoms with van der Waals surface area (Å²) in [4.78, 5) is 0. The summed E-state index contributed by atoms with van der Waals surface area (Å²) in [5, 5.41) is 3.54. The van der Waals surface area contributed by atoms with Crippen LogP contribution in [0.15, 0.2) is 49.2 Å². The van der Waals surface area contributed by atoms with Gasteiger partial charge >= 0.3 is 0 Å². The van der Waals surface area contributed by atoms with E-state index < -0.39 is 0 Å². The van der Waals surface area contributed by atoms with E-state index in [1.54, 1.807) is 0 Å². The van der Waals surface area contributed by atoms with Gasteiger partial charge in [0.1, 0.15) is 0 Å². The number of halogens is 2. The fourth-order valence-corrected chi connectivity index (χ4v) is 2.66. The second kappa shape index (κ2) is 4.80. The van der Waals surface area contributed by atoms with Gasteiger partial charge in [-0.3, -0.25) is 0 Å². The molecule has 19 heavy (non-hydrogen) atoms. The highest BCUT2D eigenvalue weighted by molar-refractivity contribution is 6.33. The third-order valence-electron chi connectivity index (χ3n) is 3.11. The summed E-state index contributed by atoms with van der Waals surface area (Å²) in [6.45, 7) is 3.98. The maximum absolute atomic E-state index is 6.08. The van der Waals surface area contributed by atoms with Crippen molar-refractivity contribution >= 4 is 45.0 Å². The number of hydrogen-bond acceptors (Lipinski definition) is 1. The largest absolute Gasteiger partial charge is 0.481 e. The SMILES string of the molecule is C=COCn1c2ccc(Cl)cc2c2cc(Cl)ccc21. The predicted molar refractivity (Wildman–Crippen MR) is 80.7 cm³/mol. The molecule has 0 bridgehead atoms. The molecule has 3 aromatic rings. The molecule has 0 saturated heterocycles. The van der Waals surface area contributed by atoms with Gasteiger partial charge in [-0.15, -0.1) is 0 Å². The van der Waals surface area contributed by atoms with Crippen molar-refractivity contribution in [3.63, 3.8) is 0 Å². The van der Waals surface area contributed by atoms with Crippen molar-refractivity contribution in [1.29, 1.82) is 0 Å². The molecule has 0 N–H and O–H groups in total. The molecule has 2 nitrogen and oxygen atoms in total. The normalized spacial score (nSPS) is 11.1. The third-order valence-corrected chi connectivity index (χ3v) is 3.58. The zero-order valence-corrected chi connectivity index (χ0v) is 11.6. The van der Waals surface area contributed by atoms with Crippen molar-refractivity contribution in [2.24, 2.45) is 0 Å². The lowest BCUT2D eigenvalue weighted by Gasteiger charge is -2.06. The van der Waals surface area contributed by atoms with E-state index in [9.17, 15) is 0 Å². The van der Waals surface area contributed by atoms with Crippen molar-refractivity contribution in [2.45, 2.75) is 6.73 Å². The van der Waals surface area contributed by atoms with Gasteiger partial charge in [-0.2, -0.15) is 0 Å². The van der Waals surface area contributed by atoms with Crippen LogP contribution >= 0.6 is 23.2 Å². The van der Waals surface area contributed by atoms with Gasteiger partial charge in [0, 0.05) is 20.8 Å². The van der Waals surface area contributed by atoms with Crippen LogP contribution in [0.1, 0.15) is 0 Å². The summed E-state index contributed by atoms with van der Waals surface area (Å²) in [7, 11) is 0. The topological polar surface area (TPSA) is 14.2 Å². The van der Waals surface area contributed by atoms with Crippen LogP contribution in [0.4, 0.5) is 0 Å². The summed E-state index contributed by atoms with van der Waals surface area (Å²) >= 11 is 12.2. The first-order valence-corrected chi connectivity index (χ1v) is 6.56. The first-order valence-electron chi connectivity index (χ1n) is 5.80. The van der Waals surface area contributed by atoms with Crippen LogP contribution in [0.2, 0.25) is 10.0 Å². The van der Waals surface area contributed by atoms with Crippen LogP contribution in [0.25, 0.3) is 21.8 Å². The highest BCUT2D eigenvalue weighted by atomic mass is 35.5. The van der Waals surface area contributed by atoms with Gasteiger partial charge in [0.25, 0.3) is 0 Å². The van der Waals surface area contributed by atoms with E-state index in [4.69, 9.17) is 27.9 Å². The number of fused-ring (bicyclic) bond motifs is 3. The number of benzene rings is 2. The Morgan fingerprint density at radius 1 is 1.00 bits per heavy atom. The molecule has 0 radical (unpaired) electrons. The quantitative estimate of drug-likeness (QED) is 0.604. The molecule has 0 aliphatic carbocycles. The average Bonchev–Trinajstić information content (AvgIpc) is 2.69. The second-order valence-electron chi connectivity index (χ2n) is 4.21. The van der Waals surface area contributed by atoms with E-state index >= 15 is 0 Å². The first kappa shape index (κ1) is 12.4. The molecule has 0 aliphatic rings. The van der Waals surface area contributed by atoms with E-state index in [0.29, 0.717) is 16.8 Å². The monoisotopic (exact) mass is 291 g/mol. The average molecular weight is 292 g/mol. The molecule has 0 saturated carbocycles. The summed E-state index contributed by atoms with van der Waals surface area (Å²) in [6.07, 6.45) is 1.43. The lowest BCUT2D eigenvalue weighted by Crippen LogP contribution is -1.98. The molecule has 0 amide bonds. The molecule has 1 heterocycles. The predicted octanol–water partition coefficient (Wildman–Crippen LogP) is 5.22. The van der Waals surface area contributed by atoms with E-state index in [0.717, 1.165) is 21.8 Å². The minimum Gasteiger partial charge on any atom is -0.481 e. The molecule has 4 heteroatoms. The van der Waals surface area contributed by atoms with Gasteiger partial charge in [-0.25, -0.2) is 0 Å². The Balaban J connectivity index is 2.39. The summed E-state index contributed by atoms with van der Waals surface area (Å²) in [5.41, 5.74) is 2.12. The Labute approximate surface area is 120 Å². The standard InChI is InChI=1S/C15H11Cl2NO/c1-2-19-9-18-14-5-3-10(16)7-12(14)13-8-11(17)4-6-15(13)18/h2-8H,1,9H2. The number of rotatable bonds is 3. The lowest BCUT2D eigenvalue weighted by atomic mass is 10.1. The van der Waals surface area contributed by atoms with E-state index in [-0.39, 0.29) is 0 Å². The van der Waals surface area contributed by atoms with Crippen molar-refractivity contribution in [2.75, 3.05) is 0 Å². The van der Waals surface area contributed by atoms with Crippen molar-refractivity contribution < 1.29 is 4.74 Å². The number of aromatic nitrogens is 1. The Hall–Kier alpha value is -1.64. The van der Waals surface area contributed by atoms with Gasteiger partial charge < -0.3 is 9.30 Å². The zero-order valence-electron chi connectivity index (χ0n) is 10.1. The fourth-order valence-electron chi connectivity index (χ4n) is 2.31. The molecule has 96 valence electrons. The van der Waals surface area contributed by atoms with Crippen LogP contribution in [-0.2, 0) is 11.5 Å². The maximum Gasteiger partial charge on any atom is 0.164 e. The minimum atomic E-state index is 0.409. The Kier molecular flexibility index (Phi) is 3.13. The number of hydrogen-bond donors (Lipinski definition) is 0. The van der Waals surface area contributed by atoms with Gasteiger partial charge in [0.05, 0.1) is 17.3 Å². The Morgan fingerprint density at radius 3 is 2.00 bits per heavy atom. The molecular weight excluding hydrogens is 281 g/mol. The van der Waals surface area contributed by atoms with Crippen LogP contribution in [0, 0.1) is 0 Å². The van der Waals surface area contributed by atoms with Crippen LogP contribution in [0.5, 0.6) is 0 Å². The summed E-state index contributed by atoms with van der Waals surface area (Å²) < 4.78 is 7.38. The molecule has 0 unspecified atom stereocenters. The molecule has 3 rings (SSSR count). The summed E-state index contributed by atoms with van der Waals surface area (Å²) in [6, 6.07) is 11.6. The third kappa shape index (κ3) is 2.07. The lowest BCUT2D eigenvalue weighted by molar-refractivity contribution is 0.184. The molecular formula is C15H11Cl2NO.